The van der Waals surface area contributed by atoms with Crippen LogP contribution in [-0.2, 0) is 23.2 Å². The van der Waals surface area contributed by atoms with Crippen molar-refractivity contribution in [1.82, 2.24) is 30.4 Å². The summed E-state index contributed by atoms with van der Waals surface area (Å²) in [6, 6.07) is 5.27. The summed E-state index contributed by atoms with van der Waals surface area (Å²) in [7, 11) is 1.71. The van der Waals surface area contributed by atoms with E-state index < -0.39 is 0 Å². The number of carbonyl (C=O) groups excluding carboxylic acids is 2. The second kappa shape index (κ2) is 8.37. The van der Waals surface area contributed by atoms with Gasteiger partial charge in [-0.2, -0.15) is 0 Å². The lowest BCUT2D eigenvalue weighted by Crippen LogP contribution is -2.39. The Balaban J connectivity index is 1.48. The molecule has 11 heteroatoms. The summed E-state index contributed by atoms with van der Waals surface area (Å²) < 4.78 is 7.00. The number of nitrogens with one attached hydrogen (secondary N) is 1. The fourth-order valence-electron chi connectivity index (χ4n) is 2.40. The summed E-state index contributed by atoms with van der Waals surface area (Å²) in [4.78, 5) is 25.8. The van der Waals surface area contributed by atoms with E-state index in [2.05, 4.69) is 20.8 Å². The zero-order valence-electron chi connectivity index (χ0n) is 14.0. The maximum absolute atomic E-state index is 12.2. The Hall–Kier alpha value is -2.33. The number of ether oxygens (including phenoxy) is 1. The Morgan fingerprint density at radius 3 is 3.08 bits per heavy atom. The summed E-state index contributed by atoms with van der Waals surface area (Å²) in [5.41, 5.74) is 0.847. The molecule has 26 heavy (non-hydrogen) atoms. The van der Waals surface area contributed by atoms with Gasteiger partial charge in [-0.15, -0.1) is 5.10 Å². The third-order valence-electron chi connectivity index (χ3n) is 3.71. The molecule has 0 saturated heterocycles. The van der Waals surface area contributed by atoms with Crippen LogP contribution in [0.5, 0.6) is 5.75 Å². The zero-order chi connectivity index (χ0) is 18.5. The minimum atomic E-state index is -0.153. The highest BCUT2D eigenvalue weighted by molar-refractivity contribution is 7.99. The highest BCUT2D eigenvalue weighted by Gasteiger charge is 2.21. The van der Waals surface area contributed by atoms with Crippen LogP contribution in [0.1, 0.15) is 5.56 Å². The summed E-state index contributed by atoms with van der Waals surface area (Å²) >= 11 is 7.26. The molecule has 1 aliphatic heterocycles. The first-order chi connectivity index (χ1) is 12.5. The Morgan fingerprint density at radius 2 is 2.31 bits per heavy atom. The van der Waals surface area contributed by atoms with Gasteiger partial charge in [-0.3, -0.25) is 9.59 Å². The summed E-state index contributed by atoms with van der Waals surface area (Å²) in [6.07, 6.45) is 0. The van der Waals surface area contributed by atoms with Gasteiger partial charge in [0.1, 0.15) is 5.75 Å². The molecule has 0 radical (unpaired) electrons. The van der Waals surface area contributed by atoms with Crippen LogP contribution in [0.15, 0.2) is 23.4 Å². The Bertz CT molecular complexity index is 814. The van der Waals surface area contributed by atoms with E-state index in [9.17, 15) is 9.59 Å². The molecular weight excluding hydrogens is 380 g/mol. The minimum Gasteiger partial charge on any atom is -0.483 e. The molecule has 0 unspecified atom stereocenters. The lowest BCUT2D eigenvalue weighted by Gasteiger charge is -2.20. The van der Waals surface area contributed by atoms with Crippen molar-refractivity contribution < 1.29 is 14.3 Å². The maximum Gasteiger partial charge on any atom is 0.260 e. The van der Waals surface area contributed by atoms with Gasteiger partial charge in [-0.1, -0.05) is 23.4 Å². The van der Waals surface area contributed by atoms with Crippen LogP contribution in [0.2, 0.25) is 5.02 Å². The fraction of sp³-hybridized carbons (Fsp3) is 0.400. The number of rotatable bonds is 6. The van der Waals surface area contributed by atoms with Gasteiger partial charge in [-0.05, 0) is 28.6 Å². The van der Waals surface area contributed by atoms with E-state index in [0.29, 0.717) is 35.6 Å². The van der Waals surface area contributed by atoms with Crippen LogP contribution in [0.25, 0.3) is 0 Å². The first kappa shape index (κ1) is 18.5. The van der Waals surface area contributed by atoms with Gasteiger partial charge < -0.3 is 15.0 Å². The van der Waals surface area contributed by atoms with Crippen molar-refractivity contribution in [1.29, 1.82) is 0 Å². The predicted molar refractivity (Wildman–Crippen MR) is 94.9 cm³/mol. The molecule has 0 aliphatic carbocycles. The van der Waals surface area contributed by atoms with E-state index in [1.807, 2.05) is 0 Å². The monoisotopic (exact) mass is 396 g/mol. The summed E-state index contributed by atoms with van der Waals surface area (Å²) in [5.74, 6) is 0.568. The number of tetrazole rings is 1. The van der Waals surface area contributed by atoms with Crippen LogP contribution in [0.3, 0.4) is 0 Å². The predicted octanol–water partition coefficient (Wildman–Crippen LogP) is 0.493. The Morgan fingerprint density at radius 1 is 1.46 bits per heavy atom. The first-order valence-corrected chi connectivity index (χ1v) is 9.20. The second-order valence-corrected chi connectivity index (χ2v) is 6.96. The van der Waals surface area contributed by atoms with Crippen molar-refractivity contribution in [2.45, 2.75) is 11.7 Å². The molecule has 0 bridgehead atoms. The van der Waals surface area contributed by atoms with E-state index in [-0.39, 0.29) is 24.2 Å². The number of thioether (sulfide) groups is 1. The largest absolute Gasteiger partial charge is 0.483 e. The smallest absolute Gasteiger partial charge is 0.260 e. The van der Waals surface area contributed by atoms with Crippen molar-refractivity contribution in [3.8, 4) is 5.75 Å². The topological polar surface area (TPSA) is 102 Å². The number of aromatic nitrogens is 4. The summed E-state index contributed by atoms with van der Waals surface area (Å²) in [5, 5.41) is 14.9. The molecule has 1 aromatic carbocycles. The van der Waals surface area contributed by atoms with Crippen molar-refractivity contribution in [3.63, 3.8) is 0 Å². The standard InChI is InChI=1S/C15H17ClN6O3S/c1-21-15(18-19-20-21)26-9-13(23)17-4-5-22-7-10-6-11(16)2-3-12(10)25-8-14(22)24/h2-3,6H,4-5,7-9H2,1H3,(H,17,23). The molecule has 3 rings (SSSR count). The maximum atomic E-state index is 12.2. The van der Waals surface area contributed by atoms with Crippen LogP contribution < -0.4 is 10.1 Å². The lowest BCUT2D eigenvalue weighted by atomic mass is 10.2. The van der Waals surface area contributed by atoms with Crippen LogP contribution in [0, 0.1) is 0 Å². The van der Waals surface area contributed by atoms with E-state index >= 15 is 0 Å². The highest BCUT2D eigenvalue weighted by Crippen LogP contribution is 2.26. The van der Waals surface area contributed by atoms with Gasteiger partial charge >= 0.3 is 0 Å². The number of hydrogen-bond acceptors (Lipinski definition) is 7. The van der Waals surface area contributed by atoms with E-state index in [4.69, 9.17) is 16.3 Å². The van der Waals surface area contributed by atoms with E-state index in [1.54, 1.807) is 30.1 Å². The number of halogens is 1. The molecular formula is C15H17ClN6O3S. The van der Waals surface area contributed by atoms with Crippen molar-refractivity contribution in [2.24, 2.45) is 7.05 Å². The third-order valence-corrected chi connectivity index (χ3v) is 4.95. The molecule has 2 heterocycles. The van der Waals surface area contributed by atoms with Gasteiger partial charge in [0.05, 0.1) is 5.75 Å². The van der Waals surface area contributed by atoms with Crippen LogP contribution in [0.4, 0.5) is 0 Å². The third kappa shape index (κ3) is 4.64. The van der Waals surface area contributed by atoms with Gasteiger partial charge in [0.25, 0.3) is 5.91 Å². The second-order valence-electron chi connectivity index (χ2n) is 5.58. The zero-order valence-corrected chi connectivity index (χ0v) is 15.6. The average Bonchev–Trinajstić information content (AvgIpc) is 2.96. The lowest BCUT2D eigenvalue weighted by molar-refractivity contribution is -0.133. The van der Waals surface area contributed by atoms with Crippen molar-refractivity contribution in [2.75, 3.05) is 25.4 Å². The van der Waals surface area contributed by atoms with Gasteiger partial charge in [0.2, 0.25) is 11.1 Å². The van der Waals surface area contributed by atoms with Gasteiger partial charge in [0, 0.05) is 37.3 Å². The fourth-order valence-corrected chi connectivity index (χ4v) is 3.27. The summed E-state index contributed by atoms with van der Waals surface area (Å²) in [6.45, 7) is 1.09. The number of carbonyl (C=O) groups is 2. The molecule has 0 atom stereocenters. The van der Waals surface area contributed by atoms with Crippen molar-refractivity contribution in [3.05, 3.63) is 28.8 Å². The number of hydrogen-bond donors (Lipinski definition) is 1. The number of benzene rings is 1. The first-order valence-electron chi connectivity index (χ1n) is 7.84. The SMILES string of the molecule is Cn1nnnc1SCC(=O)NCCN1Cc2cc(Cl)ccc2OCC1=O. The number of fused-ring (bicyclic) bond motifs is 1. The Kier molecular flexibility index (Phi) is 5.94. The van der Waals surface area contributed by atoms with Gasteiger partial charge in [-0.25, -0.2) is 4.68 Å². The minimum absolute atomic E-state index is 0.0302. The molecule has 2 amide bonds. The molecule has 9 nitrogen and oxygen atoms in total. The number of amides is 2. The van der Waals surface area contributed by atoms with E-state index in [1.165, 1.54) is 16.4 Å². The molecule has 138 valence electrons. The molecule has 1 aliphatic rings. The van der Waals surface area contributed by atoms with Crippen LogP contribution >= 0.6 is 23.4 Å². The highest BCUT2D eigenvalue weighted by atomic mass is 35.5. The average molecular weight is 397 g/mol. The molecule has 0 fully saturated rings. The van der Waals surface area contributed by atoms with Crippen molar-refractivity contribution >= 4 is 35.2 Å². The van der Waals surface area contributed by atoms with Gasteiger partial charge in [0.15, 0.2) is 6.61 Å². The molecule has 0 spiro atoms. The van der Waals surface area contributed by atoms with Crippen LogP contribution in [-0.4, -0.2) is 62.4 Å². The molecule has 1 aromatic heterocycles. The number of nitrogens with zero attached hydrogens (tertiary/aromatic N) is 5. The normalized spacial score (nSPS) is 13.8. The van der Waals surface area contributed by atoms with E-state index in [0.717, 1.165) is 5.56 Å². The molecule has 2 aromatic rings. The molecule has 0 saturated carbocycles. The Labute approximate surface area is 159 Å². The quantitative estimate of drug-likeness (QED) is 0.709. The molecule has 1 N–H and O–H groups in total. The number of aryl methyl sites for hydroxylation is 1.